The maximum Gasteiger partial charge on any atom is 0.123 e. The number of aromatic amines is 1. The Morgan fingerprint density at radius 1 is 1.13 bits per heavy atom. The third-order valence-electron chi connectivity index (χ3n) is 5.18. The molecule has 0 amide bonds. The van der Waals surface area contributed by atoms with Crippen molar-refractivity contribution in [3.8, 4) is 5.69 Å². The number of H-pyrrole nitrogens is 1. The van der Waals surface area contributed by atoms with Crippen LogP contribution in [0.3, 0.4) is 0 Å². The average Bonchev–Trinajstić information content (AvgIpc) is 3.24. The van der Waals surface area contributed by atoms with Gasteiger partial charge in [0.1, 0.15) is 12.7 Å². The number of hydrogen-bond acceptors (Lipinski definition) is 3. The molecular formula is C18H23N5. The van der Waals surface area contributed by atoms with E-state index in [0.29, 0.717) is 6.04 Å². The van der Waals surface area contributed by atoms with Gasteiger partial charge in [0.05, 0.1) is 0 Å². The molecule has 23 heavy (non-hydrogen) atoms. The molecule has 3 N–H and O–H groups in total. The van der Waals surface area contributed by atoms with Crippen LogP contribution in [0.15, 0.2) is 37.1 Å². The van der Waals surface area contributed by atoms with Crippen LogP contribution in [-0.2, 0) is 6.42 Å². The van der Waals surface area contributed by atoms with E-state index in [4.69, 9.17) is 5.73 Å². The summed E-state index contributed by atoms with van der Waals surface area (Å²) in [5.41, 5.74) is 9.72. The maximum absolute atomic E-state index is 6.01. The molecule has 3 aromatic rings. The zero-order chi connectivity index (χ0) is 15.6. The summed E-state index contributed by atoms with van der Waals surface area (Å²) in [4.78, 5) is 3.39. The van der Waals surface area contributed by atoms with Crippen LogP contribution in [-0.4, -0.2) is 25.8 Å². The molecule has 2 heterocycles. The van der Waals surface area contributed by atoms with Gasteiger partial charge in [-0.15, -0.1) is 10.2 Å². The minimum Gasteiger partial charge on any atom is -0.361 e. The van der Waals surface area contributed by atoms with Crippen molar-refractivity contribution < 1.29 is 0 Å². The van der Waals surface area contributed by atoms with E-state index in [-0.39, 0.29) is 0 Å². The van der Waals surface area contributed by atoms with E-state index in [9.17, 15) is 0 Å². The molecule has 120 valence electrons. The van der Waals surface area contributed by atoms with Crippen LogP contribution in [0, 0.1) is 5.92 Å². The lowest BCUT2D eigenvalue weighted by atomic mass is 9.83. The fourth-order valence-corrected chi connectivity index (χ4v) is 3.70. The van der Waals surface area contributed by atoms with E-state index >= 15 is 0 Å². The van der Waals surface area contributed by atoms with Crippen LogP contribution >= 0.6 is 0 Å². The average molecular weight is 309 g/mol. The Morgan fingerprint density at radius 2 is 1.91 bits per heavy atom. The number of rotatable bonds is 4. The predicted molar refractivity (Wildman–Crippen MR) is 91.5 cm³/mol. The molecule has 0 aliphatic heterocycles. The van der Waals surface area contributed by atoms with Crippen molar-refractivity contribution in [3.63, 3.8) is 0 Å². The summed E-state index contributed by atoms with van der Waals surface area (Å²) in [6.07, 6.45) is 13.0. The highest BCUT2D eigenvalue weighted by molar-refractivity contribution is 5.85. The Balaban J connectivity index is 1.52. The zero-order valence-corrected chi connectivity index (χ0v) is 13.3. The molecule has 1 aromatic carbocycles. The van der Waals surface area contributed by atoms with Crippen LogP contribution in [0.5, 0.6) is 0 Å². The summed E-state index contributed by atoms with van der Waals surface area (Å²) in [5.74, 6) is 0.834. The zero-order valence-electron chi connectivity index (χ0n) is 13.3. The lowest BCUT2D eigenvalue weighted by Crippen LogP contribution is -2.26. The Bertz CT molecular complexity index is 766. The van der Waals surface area contributed by atoms with Crippen LogP contribution < -0.4 is 5.73 Å². The SMILES string of the molecule is NC1CCC(CCc2c[nH]c3ccc(-n4cnnc4)cc23)CC1. The number of fused-ring (bicyclic) bond motifs is 1. The van der Waals surface area contributed by atoms with Gasteiger partial charge < -0.3 is 10.7 Å². The molecule has 0 saturated heterocycles. The highest BCUT2D eigenvalue weighted by Gasteiger charge is 2.18. The van der Waals surface area contributed by atoms with Gasteiger partial charge in [-0.1, -0.05) is 0 Å². The second kappa shape index (κ2) is 6.16. The molecule has 2 aromatic heterocycles. The molecule has 0 unspecified atom stereocenters. The summed E-state index contributed by atoms with van der Waals surface area (Å²) in [6.45, 7) is 0. The minimum absolute atomic E-state index is 0.436. The second-order valence-electron chi connectivity index (χ2n) is 6.73. The van der Waals surface area contributed by atoms with Crippen LogP contribution in [0.25, 0.3) is 16.6 Å². The molecule has 4 rings (SSSR count). The topological polar surface area (TPSA) is 72.5 Å². The minimum atomic E-state index is 0.436. The summed E-state index contributed by atoms with van der Waals surface area (Å²) in [6, 6.07) is 6.88. The van der Waals surface area contributed by atoms with Gasteiger partial charge in [-0.2, -0.15) is 0 Å². The summed E-state index contributed by atoms with van der Waals surface area (Å²) < 4.78 is 1.94. The lowest BCUT2D eigenvalue weighted by Gasteiger charge is -2.25. The summed E-state index contributed by atoms with van der Waals surface area (Å²) >= 11 is 0. The van der Waals surface area contributed by atoms with Gasteiger partial charge in [-0.3, -0.25) is 4.57 Å². The molecule has 5 nitrogen and oxygen atoms in total. The van der Waals surface area contributed by atoms with Gasteiger partial charge in [0, 0.05) is 28.8 Å². The van der Waals surface area contributed by atoms with Gasteiger partial charge in [-0.05, 0) is 68.2 Å². The molecule has 0 atom stereocenters. The number of hydrogen-bond donors (Lipinski definition) is 2. The first kappa shape index (κ1) is 14.5. The molecule has 0 spiro atoms. The molecule has 1 saturated carbocycles. The Labute approximate surface area is 135 Å². The Kier molecular flexibility index (Phi) is 3.87. The first-order chi connectivity index (χ1) is 11.3. The predicted octanol–water partition coefficient (Wildman–Crippen LogP) is 3.20. The molecule has 5 heteroatoms. The van der Waals surface area contributed by atoms with E-state index in [0.717, 1.165) is 18.0 Å². The molecule has 0 bridgehead atoms. The van der Waals surface area contributed by atoms with E-state index in [2.05, 4.69) is 39.6 Å². The largest absolute Gasteiger partial charge is 0.361 e. The Hall–Kier alpha value is -2.14. The fourth-order valence-electron chi connectivity index (χ4n) is 3.70. The first-order valence-corrected chi connectivity index (χ1v) is 8.50. The molecule has 0 radical (unpaired) electrons. The summed E-state index contributed by atoms with van der Waals surface area (Å²) in [7, 11) is 0. The van der Waals surface area contributed by atoms with Crippen molar-refractivity contribution >= 4 is 10.9 Å². The highest BCUT2D eigenvalue weighted by atomic mass is 15.2. The van der Waals surface area contributed by atoms with E-state index in [1.165, 1.54) is 48.6 Å². The van der Waals surface area contributed by atoms with Gasteiger partial charge in [0.15, 0.2) is 0 Å². The monoisotopic (exact) mass is 309 g/mol. The third-order valence-corrected chi connectivity index (χ3v) is 5.18. The fraction of sp³-hybridized carbons (Fsp3) is 0.444. The molecular weight excluding hydrogens is 286 g/mol. The highest BCUT2D eigenvalue weighted by Crippen LogP contribution is 2.29. The van der Waals surface area contributed by atoms with E-state index in [1.807, 2.05) is 4.57 Å². The third kappa shape index (κ3) is 3.01. The maximum atomic E-state index is 6.01. The quantitative estimate of drug-likeness (QED) is 0.777. The number of nitrogens with two attached hydrogens (primary N) is 1. The second-order valence-corrected chi connectivity index (χ2v) is 6.73. The molecule has 1 aliphatic carbocycles. The molecule has 1 aliphatic rings. The number of benzene rings is 1. The lowest BCUT2D eigenvalue weighted by molar-refractivity contribution is 0.311. The number of aromatic nitrogens is 4. The van der Waals surface area contributed by atoms with Crippen LogP contribution in [0.2, 0.25) is 0 Å². The standard InChI is InChI=1S/C18H23N5/c19-15-5-2-13(3-6-15)1-4-14-10-20-18-8-7-16(9-17(14)18)23-11-21-22-12-23/h7-13,15,20H,1-6,19H2. The van der Waals surface area contributed by atoms with E-state index in [1.54, 1.807) is 12.7 Å². The Morgan fingerprint density at radius 3 is 2.70 bits per heavy atom. The van der Waals surface area contributed by atoms with Gasteiger partial charge in [0.25, 0.3) is 0 Å². The van der Waals surface area contributed by atoms with Gasteiger partial charge in [-0.25, -0.2) is 0 Å². The first-order valence-electron chi connectivity index (χ1n) is 8.50. The van der Waals surface area contributed by atoms with Crippen LogP contribution in [0.4, 0.5) is 0 Å². The normalized spacial score (nSPS) is 21.8. The summed E-state index contributed by atoms with van der Waals surface area (Å²) in [5, 5.41) is 9.08. The van der Waals surface area contributed by atoms with Crippen molar-refractivity contribution in [3.05, 3.63) is 42.6 Å². The van der Waals surface area contributed by atoms with Crippen LogP contribution in [0.1, 0.15) is 37.7 Å². The van der Waals surface area contributed by atoms with Crippen molar-refractivity contribution in [2.45, 2.75) is 44.6 Å². The smallest absolute Gasteiger partial charge is 0.123 e. The number of aryl methyl sites for hydroxylation is 1. The van der Waals surface area contributed by atoms with E-state index < -0.39 is 0 Å². The van der Waals surface area contributed by atoms with Crippen molar-refractivity contribution in [1.29, 1.82) is 0 Å². The van der Waals surface area contributed by atoms with Gasteiger partial charge in [0.2, 0.25) is 0 Å². The van der Waals surface area contributed by atoms with Crippen molar-refractivity contribution in [1.82, 2.24) is 19.7 Å². The number of nitrogens with zero attached hydrogens (tertiary/aromatic N) is 3. The van der Waals surface area contributed by atoms with Gasteiger partial charge >= 0.3 is 0 Å². The number of nitrogens with one attached hydrogen (secondary N) is 1. The van der Waals surface area contributed by atoms with Crippen molar-refractivity contribution in [2.75, 3.05) is 0 Å². The van der Waals surface area contributed by atoms with Crippen molar-refractivity contribution in [2.24, 2.45) is 11.7 Å². The molecule has 1 fully saturated rings.